The summed E-state index contributed by atoms with van der Waals surface area (Å²) in [6.45, 7) is 0. The van der Waals surface area contributed by atoms with Crippen LogP contribution in [0.1, 0.15) is 10.4 Å². The highest BCUT2D eigenvalue weighted by atomic mass is 16.1. The van der Waals surface area contributed by atoms with Gasteiger partial charge >= 0.3 is 0 Å². The lowest BCUT2D eigenvalue weighted by molar-refractivity contribution is 0.112. The van der Waals surface area contributed by atoms with Crippen LogP contribution in [0.2, 0.25) is 0 Å². The molecular formula is C8H7N3O. The number of imidazole rings is 1. The van der Waals surface area contributed by atoms with Gasteiger partial charge < -0.3 is 10.7 Å². The van der Waals surface area contributed by atoms with E-state index in [1.165, 1.54) is 0 Å². The topological polar surface area (TPSA) is 71.8 Å². The summed E-state index contributed by atoms with van der Waals surface area (Å²) in [5.74, 6) is 0.369. The van der Waals surface area contributed by atoms with E-state index in [9.17, 15) is 4.79 Å². The summed E-state index contributed by atoms with van der Waals surface area (Å²) < 4.78 is 0. The molecule has 0 bridgehead atoms. The SMILES string of the molecule is Nc1nc2ccc(C=O)cc2[nH]1. The molecule has 1 heterocycles. The van der Waals surface area contributed by atoms with Crippen LogP contribution in [0.4, 0.5) is 5.95 Å². The van der Waals surface area contributed by atoms with E-state index < -0.39 is 0 Å². The van der Waals surface area contributed by atoms with Crippen LogP contribution in [-0.4, -0.2) is 16.3 Å². The van der Waals surface area contributed by atoms with Gasteiger partial charge in [0.1, 0.15) is 6.29 Å². The molecule has 0 saturated carbocycles. The summed E-state index contributed by atoms with van der Waals surface area (Å²) in [5.41, 5.74) is 7.61. The molecule has 0 spiro atoms. The fraction of sp³-hybridized carbons (Fsp3) is 0. The second-order valence-electron chi connectivity index (χ2n) is 2.52. The number of nitrogen functional groups attached to an aromatic ring is 1. The minimum Gasteiger partial charge on any atom is -0.369 e. The Kier molecular flexibility index (Phi) is 1.33. The molecule has 2 aromatic rings. The molecule has 3 N–H and O–H groups in total. The first-order chi connectivity index (χ1) is 5.79. The van der Waals surface area contributed by atoms with Crippen LogP contribution in [0.15, 0.2) is 18.2 Å². The summed E-state index contributed by atoms with van der Waals surface area (Å²) >= 11 is 0. The molecule has 0 fully saturated rings. The largest absolute Gasteiger partial charge is 0.369 e. The number of nitrogens with two attached hydrogens (primary N) is 1. The lowest BCUT2D eigenvalue weighted by Gasteiger charge is -1.88. The second-order valence-corrected chi connectivity index (χ2v) is 2.52. The Balaban J connectivity index is 2.74. The Hall–Kier alpha value is -1.84. The number of H-pyrrole nitrogens is 1. The Morgan fingerprint density at radius 3 is 3.08 bits per heavy atom. The van der Waals surface area contributed by atoms with Gasteiger partial charge in [0.2, 0.25) is 0 Å². The molecule has 60 valence electrons. The number of nitrogens with zero attached hydrogens (tertiary/aromatic N) is 1. The first-order valence-corrected chi connectivity index (χ1v) is 3.50. The summed E-state index contributed by atoms with van der Waals surface area (Å²) in [6, 6.07) is 5.17. The highest BCUT2D eigenvalue weighted by Gasteiger charge is 1.99. The van der Waals surface area contributed by atoms with Gasteiger partial charge in [-0.2, -0.15) is 0 Å². The van der Waals surface area contributed by atoms with Crippen molar-refractivity contribution in [2.45, 2.75) is 0 Å². The number of benzene rings is 1. The molecule has 0 aliphatic heterocycles. The Labute approximate surface area is 68.4 Å². The standard InChI is InChI=1S/C8H7N3O/c9-8-10-6-2-1-5(4-12)3-7(6)11-8/h1-4H,(H3,9,10,11). The number of rotatable bonds is 1. The molecule has 12 heavy (non-hydrogen) atoms. The zero-order valence-electron chi connectivity index (χ0n) is 6.24. The summed E-state index contributed by atoms with van der Waals surface area (Å²) in [6.07, 6.45) is 0.788. The molecule has 0 aliphatic rings. The van der Waals surface area contributed by atoms with Crippen LogP contribution >= 0.6 is 0 Å². The van der Waals surface area contributed by atoms with E-state index in [1.54, 1.807) is 18.2 Å². The number of carbonyl (C=O) groups excluding carboxylic acids is 1. The molecule has 0 aliphatic carbocycles. The van der Waals surface area contributed by atoms with Gasteiger partial charge in [0.15, 0.2) is 5.95 Å². The number of aromatic amines is 1. The molecule has 2 rings (SSSR count). The van der Waals surface area contributed by atoms with Gasteiger partial charge in [-0.15, -0.1) is 0 Å². The second kappa shape index (κ2) is 2.34. The molecule has 0 saturated heterocycles. The van der Waals surface area contributed by atoms with Gasteiger partial charge in [-0.3, -0.25) is 4.79 Å². The van der Waals surface area contributed by atoms with Gasteiger partial charge in [-0.1, -0.05) is 0 Å². The van der Waals surface area contributed by atoms with Crippen LogP contribution in [0.3, 0.4) is 0 Å². The average molecular weight is 161 g/mol. The lowest BCUT2D eigenvalue weighted by atomic mass is 10.2. The third-order valence-corrected chi connectivity index (χ3v) is 1.66. The molecule has 1 aromatic carbocycles. The van der Waals surface area contributed by atoms with Gasteiger partial charge in [0, 0.05) is 5.56 Å². The van der Waals surface area contributed by atoms with Gasteiger partial charge in [0.25, 0.3) is 0 Å². The fourth-order valence-corrected chi connectivity index (χ4v) is 1.12. The number of fused-ring (bicyclic) bond motifs is 1. The Bertz CT molecular complexity index is 433. The lowest BCUT2D eigenvalue weighted by Crippen LogP contribution is -1.84. The number of carbonyl (C=O) groups is 1. The predicted octanol–water partition coefficient (Wildman–Crippen LogP) is 0.958. The molecule has 1 aromatic heterocycles. The first kappa shape index (κ1) is 6.84. The van der Waals surface area contributed by atoms with Crippen LogP contribution in [-0.2, 0) is 0 Å². The van der Waals surface area contributed by atoms with E-state index in [-0.39, 0.29) is 0 Å². The van der Waals surface area contributed by atoms with E-state index in [4.69, 9.17) is 5.73 Å². The zero-order chi connectivity index (χ0) is 8.55. The minimum atomic E-state index is 0.369. The van der Waals surface area contributed by atoms with Crippen molar-refractivity contribution in [3.05, 3.63) is 23.8 Å². The van der Waals surface area contributed by atoms with Crippen molar-refractivity contribution >= 4 is 23.3 Å². The summed E-state index contributed by atoms with van der Waals surface area (Å²) in [7, 11) is 0. The predicted molar refractivity (Wildman–Crippen MR) is 45.9 cm³/mol. The molecule has 0 unspecified atom stereocenters. The first-order valence-electron chi connectivity index (χ1n) is 3.50. The summed E-state index contributed by atoms with van der Waals surface area (Å²) in [5, 5.41) is 0. The van der Waals surface area contributed by atoms with Gasteiger partial charge in [0.05, 0.1) is 11.0 Å². The Morgan fingerprint density at radius 1 is 1.50 bits per heavy atom. The number of aldehydes is 1. The fourth-order valence-electron chi connectivity index (χ4n) is 1.12. The van der Waals surface area contributed by atoms with Gasteiger partial charge in [-0.25, -0.2) is 4.98 Å². The van der Waals surface area contributed by atoms with Crippen LogP contribution in [0, 0.1) is 0 Å². The molecule has 4 nitrogen and oxygen atoms in total. The number of hydrogen-bond acceptors (Lipinski definition) is 3. The van der Waals surface area contributed by atoms with Crippen molar-refractivity contribution in [2.75, 3.05) is 5.73 Å². The molecular weight excluding hydrogens is 154 g/mol. The maximum absolute atomic E-state index is 10.4. The maximum Gasteiger partial charge on any atom is 0.198 e. The number of nitrogens with one attached hydrogen (secondary N) is 1. The van der Waals surface area contributed by atoms with Crippen molar-refractivity contribution in [2.24, 2.45) is 0 Å². The van der Waals surface area contributed by atoms with E-state index in [0.717, 1.165) is 17.3 Å². The van der Waals surface area contributed by atoms with Crippen molar-refractivity contribution in [1.29, 1.82) is 0 Å². The average Bonchev–Trinajstić information content (AvgIpc) is 2.43. The number of aromatic nitrogens is 2. The van der Waals surface area contributed by atoms with Crippen molar-refractivity contribution in [1.82, 2.24) is 9.97 Å². The molecule has 0 atom stereocenters. The van der Waals surface area contributed by atoms with E-state index in [2.05, 4.69) is 9.97 Å². The van der Waals surface area contributed by atoms with E-state index >= 15 is 0 Å². The van der Waals surface area contributed by atoms with Crippen molar-refractivity contribution in [3.63, 3.8) is 0 Å². The van der Waals surface area contributed by atoms with Gasteiger partial charge in [-0.05, 0) is 18.2 Å². The maximum atomic E-state index is 10.4. The smallest absolute Gasteiger partial charge is 0.198 e. The van der Waals surface area contributed by atoms with Crippen LogP contribution in [0.25, 0.3) is 11.0 Å². The van der Waals surface area contributed by atoms with Crippen molar-refractivity contribution < 1.29 is 4.79 Å². The quantitative estimate of drug-likeness (QED) is 0.612. The monoisotopic (exact) mass is 161 g/mol. The molecule has 4 heteroatoms. The molecule has 0 amide bonds. The van der Waals surface area contributed by atoms with E-state index in [1.807, 2.05) is 0 Å². The highest BCUT2D eigenvalue weighted by Crippen LogP contribution is 2.13. The Morgan fingerprint density at radius 2 is 2.33 bits per heavy atom. The van der Waals surface area contributed by atoms with Crippen LogP contribution in [0.5, 0.6) is 0 Å². The third kappa shape index (κ3) is 0.934. The number of anilines is 1. The minimum absolute atomic E-state index is 0.369. The van der Waals surface area contributed by atoms with Crippen molar-refractivity contribution in [3.8, 4) is 0 Å². The van der Waals surface area contributed by atoms with Crippen LogP contribution < -0.4 is 5.73 Å². The third-order valence-electron chi connectivity index (χ3n) is 1.66. The van der Waals surface area contributed by atoms with E-state index in [0.29, 0.717) is 11.5 Å². The summed E-state index contributed by atoms with van der Waals surface area (Å²) in [4.78, 5) is 17.2. The zero-order valence-corrected chi connectivity index (χ0v) is 6.24. The highest BCUT2D eigenvalue weighted by molar-refractivity contribution is 5.85. The molecule has 0 radical (unpaired) electrons. The number of hydrogen-bond donors (Lipinski definition) is 2. The normalized spacial score (nSPS) is 10.3.